The van der Waals surface area contributed by atoms with E-state index in [1.165, 1.54) is 0 Å². The lowest BCUT2D eigenvalue weighted by atomic mass is 9.81. The Labute approximate surface area is 87.6 Å². The SMILES string of the molecule is O=C1O[C@H]2C[C@H](CBr)[C@@H]1C=C2Br. The zero-order valence-electron chi connectivity index (χ0n) is 6.30. The number of ether oxygens (including phenoxy) is 1. The number of fused-ring (bicyclic) bond motifs is 2. The Morgan fingerprint density at radius 3 is 3.00 bits per heavy atom. The summed E-state index contributed by atoms with van der Waals surface area (Å²) in [6.07, 6.45) is 2.90. The molecule has 1 fully saturated rings. The van der Waals surface area contributed by atoms with E-state index < -0.39 is 0 Å². The van der Waals surface area contributed by atoms with Crippen LogP contribution in [0.15, 0.2) is 10.6 Å². The largest absolute Gasteiger partial charge is 0.456 e. The average molecular weight is 296 g/mol. The van der Waals surface area contributed by atoms with Gasteiger partial charge in [0, 0.05) is 9.81 Å². The van der Waals surface area contributed by atoms with E-state index in [1.807, 2.05) is 6.08 Å². The molecule has 0 unspecified atom stereocenters. The van der Waals surface area contributed by atoms with Crippen LogP contribution in [0.1, 0.15) is 6.42 Å². The van der Waals surface area contributed by atoms with E-state index >= 15 is 0 Å². The molecule has 1 aliphatic carbocycles. The van der Waals surface area contributed by atoms with Gasteiger partial charge in [-0.2, -0.15) is 0 Å². The van der Waals surface area contributed by atoms with Crippen LogP contribution in [0, 0.1) is 11.8 Å². The third-order valence-electron chi connectivity index (χ3n) is 2.40. The lowest BCUT2D eigenvalue weighted by Gasteiger charge is -2.37. The zero-order chi connectivity index (χ0) is 8.72. The van der Waals surface area contributed by atoms with Crippen molar-refractivity contribution < 1.29 is 9.53 Å². The van der Waals surface area contributed by atoms with Crippen molar-refractivity contribution in [1.82, 2.24) is 0 Å². The van der Waals surface area contributed by atoms with E-state index in [4.69, 9.17) is 4.74 Å². The second-order valence-corrected chi connectivity index (χ2v) is 4.72. The Bertz CT molecular complexity index is 249. The standard InChI is InChI=1S/C8H8Br2O2/c9-3-4-1-7-6(10)2-5(4)8(11)12-7/h2,4-5,7H,1,3H2/t4-,5+,7+/m1/s1. The average Bonchev–Trinajstić information content (AvgIpc) is 2.06. The lowest BCUT2D eigenvalue weighted by molar-refractivity contribution is -0.160. The highest BCUT2D eigenvalue weighted by Gasteiger charge is 2.42. The van der Waals surface area contributed by atoms with Crippen LogP contribution in [-0.2, 0) is 9.53 Å². The number of alkyl halides is 1. The Hall–Kier alpha value is 0.170. The first kappa shape index (κ1) is 8.75. The van der Waals surface area contributed by atoms with Crippen molar-refractivity contribution in [3.05, 3.63) is 10.6 Å². The first-order valence-corrected chi connectivity index (χ1v) is 5.77. The molecule has 2 heterocycles. The van der Waals surface area contributed by atoms with Crippen molar-refractivity contribution in [2.45, 2.75) is 12.5 Å². The Morgan fingerprint density at radius 2 is 2.42 bits per heavy atom. The topological polar surface area (TPSA) is 26.3 Å². The summed E-state index contributed by atoms with van der Waals surface area (Å²) >= 11 is 6.81. The molecule has 0 aromatic rings. The number of carbonyl (C=O) groups is 1. The Morgan fingerprint density at radius 1 is 1.67 bits per heavy atom. The third kappa shape index (κ3) is 1.25. The highest BCUT2D eigenvalue weighted by molar-refractivity contribution is 9.11. The summed E-state index contributed by atoms with van der Waals surface area (Å²) in [6.45, 7) is 0. The van der Waals surface area contributed by atoms with Crippen molar-refractivity contribution in [2.75, 3.05) is 5.33 Å². The molecular weight excluding hydrogens is 288 g/mol. The van der Waals surface area contributed by atoms with Crippen molar-refractivity contribution in [1.29, 1.82) is 0 Å². The molecule has 4 heteroatoms. The van der Waals surface area contributed by atoms with Crippen molar-refractivity contribution in [3.63, 3.8) is 0 Å². The Balaban J connectivity index is 2.28. The van der Waals surface area contributed by atoms with Gasteiger partial charge in [0.15, 0.2) is 0 Å². The first-order valence-electron chi connectivity index (χ1n) is 3.86. The lowest BCUT2D eigenvalue weighted by Crippen LogP contribution is -2.42. The molecular formula is C8H8Br2O2. The van der Waals surface area contributed by atoms with E-state index in [-0.39, 0.29) is 18.0 Å². The minimum Gasteiger partial charge on any atom is -0.456 e. The maximum Gasteiger partial charge on any atom is 0.313 e. The molecule has 0 saturated carbocycles. The normalized spacial score (nSPS) is 39.3. The summed E-state index contributed by atoms with van der Waals surface area (Å²) in [4.78, 5) is 11.3. The van der Waals surface area contributed by atoms with E-state index in [2.05, 4.69) is 31.9 Å². The fraction of sp³-hybridized carbons (Fsp3) is 0.625. The maximum absolute atomic E-state index is 11.3. The molecule has 2 nitrogen and oxygen atoms in total. The molecule has 0 N–H and O–H groups in total. The monoisotopic (exact) mass is 294 g/mol. The molecule has 3 aliphatic rings. The van der Waals surface area contributed by atoms with Gasteiger partial charge in [0.25, 0.3) is 0 Å². The van der Waals surface area contributed by atoms with Gasteiger partial charge < -0.3 is 4.74 Å². The van der Waals surface area contributed by atoms with Gasteiger partial charge in [-0.1, -0.05) is 37.9 Å². The van der Waals surface area contributed by atoms with Crippen LogP contribution in [0.4, 0.5) is 0 Å². The highest BCUT2D eigenvalue weighted by Crippen LogP contribution is 2.40. The second-order valence-electron chi connectivity index (χ2n) is 3.15. The molecule has 0 spiro atoms. The van der Waals surface area contributed by atoms with Crippen LogP contribution in [0.3, 0.4) is 0 Å². The van der Waals surface area contributed by atoms with Crippen LogP contribution in [-0.4, -0.2) is 17.4 Å². The molecule has 0 aromatic heterocycles. The molecule has 0 amide bonds. The van der Waals surface area contributed by atoms with Gasteiger partial charge in [-0.15, -0.1) is 0 Å². The predicted octanol–water partition coefficient (Wildman–Crippen LogP) is 2.22. The van der Waals surface area contributed by atoms with Crippen LogP contribution >= 0.6 is 31.9 Å². The van der Waals surface area contributed by atoms with Gasteiger partial charge in [-0.25, -0.2) is 0 Å². The van der Waals surface area contributed by atoms with Crippen molar-refractivity contribution in [3.8, 4) is 0 Å². The van der Waals surface area contributed by atoms with Gasteiger partial charge in [-0.3, -0.25) is 4.79 Å². The number of esters is 1. The molecule has 3 rings (SSSR count). The summed E-state index contributed by atoms with van der Waals surface area (Å²) in [5.74, 6) is 0.306. The van der Waals surface area contributed by atoms with Crippen LogP contribution in [0.5, 0.6) is 0 Å². The van der Waals surface area contributed by atoms with E-state index in [1.54, 1.807) is 0 Å². The van der Waals surface area contributed by atoms with Gasteiger partial charge in [0.05, 0.1) is 5.92 Å². The zero-order valence-corrected chi connectivity index (χ0v) is 9.47. The predicted molar refractivity (Wildman–Crippen MR) is 52.3 cm³/mol. The van der Waals surface area contributed by atoms with Crippen LogP contribution < -0.4 is 0 Å². The molecule has 2 bridgehead atoms. The van der Waals surface area contributed by atoms with E-state index in [0.717, 1.165) is 16.2 Å². The third-order valence-corrected chi connectivity index (χ3v) is 4.01. The number of rotatable bonds is 1. The summed E-state index contributed by atoms with van der Waals surface area (Å²) in [5.41, 5.74) is 0. The van der Waals surface area contributed by atoms with Gasteiger partial charge >= 0.3 is 5.97 Å². The first-order chi connectivity index (χ1) is 5.72. The fourth-order valence-electron chi connectivity index (χ4n) is 1.69. The van der Waals surface area contributed by atoms with E-state index in [0.29, 0.717) is 5.92 Å². The van der Waals surface area contributed by atoms with Crippen molar-refractivity contribution >= 4 is 37.8 Å². The number of carbonyl (C=O) groups excluding carboxylic acids is 1. The minimum absolute atomic E-state index is 0.0231. The van der Waals surface area contributed by atoms with Crippen LogP contribution in [0.25, 0.3) is 0 Å². The van der Waals surface area contributed by atoms with Crippen LogP contribution in [0.2, 0.25) is 0 Å². The quantitative estimate of drug-likeness (QED) is 0.548. The summed E-state index contributed by atoms with van der Waals surface area (Å²) in [6, 6.07) is 0. The van der Waals surface area contributed by atoms with Gasteiger partial charge in [0.1, 0.15) is 6.10 Å². The maximum atomic E-state index is 11.3. The van der Waals surface area contributed by atoms with Gasteiger partial charge in [-0.05, 0) is 12.3 Å². The second kappa shape index (κ2) is 3.14. The molecule has 1 saturated heterocycles. The Kier molecular flexibility index (Phi) is 2.29. The number of hydrogen-bond donors (Lipinski definition) is 0. The summed E-state index contributed by atoms with van der Waals surface area (Å²) in [5, 5.41) is 0.875. The minimum atomic E-state index is -0.0705. The number of hydrogen-bond acceptors (Lipinski definition) is 2. The van der Waals surface area contributed by atoms with E-state index in [9.17, 15) is 4.79 Å². The molecule has 12 heavy (non-hydrogen) atoms. The van der Waals surface area contributed by atoms with Gasteiger partial charge in [0.2, 0.25) is 0 Å². The molecule has 0 radical (unpaired) electrons. The molecule has 2 aliphatic heterocycles. The molecule has 3 atom stereocenters. The smallest absolute Gasteiger partial charge is 0.313 e. The molecule has 0 aromatic carbocycles. The summed E-state index contributed by atoms with van der Waals surface area (Å²) in [7, 11) is 0. The van der Waals surface area contributed by atoms with Crippen molar-refractivity contribution in [2.24, 2.45) is 11.8 Å². The molecule has 66 valence electrons. The highest BCUT2D eigenvalue weighted by atomic mass is 79.9. The number of halogens is 2. The summed E-state index contributed by atoms with van der Waals surface area (Å²) < 4.78 is 6.19. The fourth-order valence-corrected chi connectivity index (χ4v) is 2.92.